The van der Waals surface area contributed by atoms with Crippen molar-refractivity contribution >= 4 is 14.4 Å². The predicted molar refractivity (Wildman–Crippen MR) is 127 cm³/mol. The first-order valence-electron chi connectivity index (χ1n) is 11.6. The first-order chi connectivity index (χ1) is 13.5. The fourth-order valence-corrected chi connectivity index (χ4v) is 5.19. The number of ether oxygens (including phenoxy) is 1. The van der Waals surface area contributed by atoms with Crippen LogP contribution in [-0.2, 0) is 9.16 Å². The SMILES string of the molecule is CCCCC1=C[C@@H](C)[C@@H](O[Si](C)(C)C(C)(C)C)[C@@H](C)[C@H](NC(=O)OC(C)(C)C)[C@@H]1O. The van der Waals surface area contributed by atoms with Gasteiger partial charge in [-0.3, -0.25) is 0 Å². The summed E-state index contributed by atoms with van der Waals surface area (Å²) >= 11 is 0. The Morgan fingerprint density at radius 3 is 2.20 bits per heavy atom. The summed E-state index contributed by atoms with van der Waals surface area (Å²) < 4.78 is 12.4. The molecule has 0 radical (unpaired) electrons. The Bertz CT molecular complexity index is 603. The van der Waals surface area contributed by atoms with Gasteiger partial charge in [-0.15, -0.1) is 0 Å². The third-order valence-corrected chi connectivity index (χ3v) is 11.0. The second-order valence-electron chi connectivity index (χ2n) is 11.5. The summed E-state index contributed by atoms with van der Waals surface area (Å²) in [5.74, 6) is 0.0908. The minimum Gasteiger partial charge on any atom is -0.444 e. The molecule has 1 aliphatic carbocycles. The van der Waals surface area contributed by atoms with Gasteiger partial charge in [-0.25, -0.2) is 4.79 Å². The second kappa shape index (κ2) is 10.2. The maximum atomic E-state index is 12.6. The highest BCUT2D eigenvalue weighted by Crippen LogP contribution is 2.41. The Morgan fingerprint density at radius 2 is 1.73 bits per heavy atom. The van der Waals surface area contributed by atoms with Crippen LogP contribution in [0.15, 0.2) is 11.6 Å². The number of rotatable bonds is 6. The lowest BCUT2D eigenvalue weighted by Gasteiger charge is -2.43. The molecule has 1 rings (SSSR count). The monoisotopic (exact) mass is 441 g/mol. The summed E-state index contributed by atoms with van der Waals surface area (Å²) in [5, 5.41) is 14.3. The van der Waals surface area contributed by atoms with Crippen molar-refractivity contribution in [3.8, 4) is 0 Å². The molecular weight excluding hydrogens is 394 g/mol. The maximum Gasteiger partial charge on any atom is 0.407 e. The van der Waals surface area contributed by atoms with Crippen molar-refractivity contribution in [1.29, 1.82) is 0 Å². The Balaban J connectivity index is 3.26. The van der Waals surface area contributed by atoms with Crippen molar-refractivity contribution in [3.63, 3.8) is 0 Å². The van der Waals surface area contributed by atoms with E-state index in [0.717, 1.165) is 24.8 Å². The Morgan fingerprint density at radius 1 is 1.17 bits per heavy atom. The lowest BCUT2D eigenvalue weighted by atomic mass is 9.88. The standard InChI is InChI=1S/C24H47NO4Si/c1-12-13-14-18-15-16(2)21(29-30(10,11)24(7,8)9)17(3)19(20(18)26)25-22(27)28-23(4,5)6/h15-17,19-21,26H,12-14H2,1-11H3,(H,25,27)/t16-,17+,19+,20-,21-/m1/s1. The van der Waals surface area contributed by atoms with Crippen LogP contribution in [0.4, 0.5) is 4.79 Å². The number of carbonyl (C=O) groups excluding carboxylic acids is 1. The van der Waals surface area contributed by atoms with Crippen molar-refractivity contribution in [2.75, 3.05) is 0 Å². The van der Waals surface area contributed by atoms with Crippen LogP contribution in [0.3, 0.4) is 0 Å². The van der Waals surface area contributed by atoms with Crippen molar-refractivity contribution < 1.29 is 19.1 Å². The van der Waals surface area contributed by atoms with Gasteiger partial charge in [0, 0.05) is 5.92 Å². The summed E-state index contributed by atoms with van der Waals surface area (Å²) in [6.45, 7) is 23.1. The van der Waals surface area contributed by atoms with Gasteiger partial charge in [0.2, 0.25) is 0 Å². The zero-order valence-electron chi connectivity index (χ0n) is 21.3. The van der Waals surface area contributed by atoms with Crippen LogP contribution in [-0.4, -0.2) is 43.4 Å². The minimum atomic E-state index is -2.03. The summed E-state index contributed by atoms with van der Waals surface area (Å²) in [5.41, 5.74) is 0.410. The van der Waals surface area contributed by atoms with E-state index in [1.54, 1.807) is 0 Å². The molecule has 0 bridgehead atoms. The third-order valence-electron chi connectivity index (χ3n) is 6.54. The normalized spacial score (nSPS) is 28.5. The van der Waals surface area contributed by atoms with E-state index in [0.29, 0.717) is 0 Å². The van der Waals surface area contributed by atoms with Gasteiger partial charge in [0.25, 0.3) is 0 Å². The molecular formula is C24H47NO4Si. The Hall–Kier alpha value is -0.853. The van der Waals surface area contributed by atoms with Gasteiger partial charge in [-0.05, 0) is 63.2 Å². The topological polar surface area (TPSA) is 67.8 Å². The predicted octanol–water partition coefficient (Wildman–Crippen LogP) is 6.03. The highest BCUT2D eigenvalue weighted by Gasteiger charge is 2.45. The number of aliphatic hydroxyl groups excluding tert-OH is 1. The summed E-state index contributed by atoms with van der Waals surface area (Å²) in [4.78, 5) is 12.6. The summed E-state index contributed by atoms with van der Waals surface area (Å²) in [6.07, 6.45) is 3.77. The summed E-state index contributed by atoms with van der Waals surface area (Å²) in [7, 11) is -2.03. The van der Waals surface area contributed by atoms with Crippen molar-refractivity contribution in [2.45, 2.75) is 124 Å². The molecule has 0 spiro atoms. The quantitative estimate of drug-likeness (QED) is 0.390. The molecule has 0 aliphatic heterocycles. The van der Waals surface area contributed by atoms with Crippen LogP contribution in [0.1, 0.15) is 81.6 Å². The van der Waals surface area contributed by atoms with E-state index in [-0.39, 0.29) is 23.0 Å². The van der Waals surface area contributed by atoms with E-state index in [2.05, 4.69) is 66.0 Å². The molecule has 5 nitrogen and oxygen atoms in total. The van der Waals surface area contributed by atoms with Crippen LogP contribution in [0.5, 0.6) is 0 Å². The van der Waals surface area contributed by atoms with Crippen molar-refractivity contribution in [1.82, 2.24) is 5.32 Å². The Labute approximate surface area is 186 Å². The van der Waals surface area contributed by atoms with E-state index in [1.165, 1.54) is 0 Å². The molecule has 0 saturated carbocycles. The van der Waals surface area contributed by atoms with Crippen molar-refractivity contribution in [2.24, 2.45) is 11.8 Å². The molecule has 1 amide bonds. The van der Waals surface area contributed by atoms with E-state index in [9.17, 15) is 9.90 Å². The largest absolute Gasteiger partial charge is 0.444 e. The molecule has 30 heavy (non-hydrogen) atoms. The highest BCUT2D eigenvalue weighted by atomic mass is 28.4. The van der Waals surface area contributed by atoms with Crippen LogP contribution < -0.4 is 5.32 Å². The summed E-state index contributed by atoms with van der Waals surface area (Å²) in [6, 6.07) is -0.456. The minimum absolute atomic E-state index is 0.0629. The molecule has 0 aromatic rings. The van der Waals surface area contributed by atoms with Crippen LogP contribution in [0, 0.1) is 11.8 Å². The van der Waals surface area contributed by atoms with Crippen molar-refractivity contribution in [3.05, 3.63) is 11.6 Å². The van der Waals surface area contributed by atoms with Gasteiger partial charge in [-0.2, -0.15) is 0 Å². The third kappa shape index (κ3) is 7.38. The average Bonchev–Trinajstić information content (AvgIpc) is 2.63. The average molecular weight is 442 g/mol. The van der Waals surface area contributed by atoms with E-state index in [1.807, 2.05) is 20.8 Å². The second-order valence-corrected chi connectivity index (χ2v) is 16.3. The van der Waals surface area contributed by atoms with Gasteiger partial charge < -0.3 is 19.6 Å². The van der Waals surface area contributed by atoms with Gasteiger partial charge in [-0.1, -0.05) is 54.0 Å². The van der Waals surface area contributed by atoms with E-state index < -0.39 is 32.2 Å². The number of hydrogen-bond donors (Lipinski definition) is 2. The van der Waals surface area contributed by atoms with Gasteiger partial charge in [0.15, 0.2) is 8.32 Å². The molecule has 0 aromatic carbocycles. The number of alkyl carbamates (subject to hydrolysis) is 1. The first kappa shape index (κ1) is 27.2. The molecule has 0 fully saturated rings. The molecule has 6 heteroatoms. The highest BCUT2D eigenvalue weighted by molar-refractivity contribution is 6.74. The van der Waals surface area contributed by atoms with Crippen LogP contribution in [0.2, 0.25) is 18.1 Å². The molecule has 176 valence electrons. The van der Waals surface area contributed by atoms with Crippen LogP contribution in [0.25, 0.3) is 0 Å². The molecule has 0 heterocycles. The number of hydrogen-bond acceptors (Lipinski definition) is 4. The molecule has 0 saturated heterocycles. The Kier molecular flexibility index (Phi) is 9.22. The zero-order chi connectivity index (χ0) is 23.5. The molecule has 2 N–H and O–H groups in total. The molecule has 0 aromatic heterocycles. The number of unbranched alkanes of at least 4 members (excludes halogenated alkanes) is 1. The zero-order valence-corrected chi connectivity index (χ0v) is 22.3. The number of nitrogens with one attached hydrogen (secondary N) is 1. The number of carbonyl (C=O) groups is 1. The smallest absolute Gasteiger partial charge is 0.407 e. The number of aliphatic hydroxyl groups is 1. The maximum absolute atomic E-state index is 12.6. The van der Waals surface area contributed by atoms with E-state index >= 15 is 0 Å². The lowest BCUT2D eigenvalue weighted by molar-refractivity contribution is 0.0232. The molecule has 1 aliphatic rings. The van der Waals surface area contributed by atoms with Gasteiger partial charge in [0.1, 0.15) is 5.60 Å². The molecule has 0 unspecified atom stereocenters. The van der Waals surface area contributed by atoms with Gasteiger partial charge in [0.05, 0.1) is 18.2 Å². The lowest BCUT2D eigenvalue weighted by Crippen LogP contribution is -2.54. The fraction of sp³-hybridized carbons (Fsp3) is 0.875. The number of amides is 1. The molecule has 5 atom stereocenters. The first-order valence-corrected chi connectivity index (χ1v) is 14.5. The van der Waals surface area contributed by atoms with Crippen LogP contribution >= 0.6 is 0 Å². The van der Waals surface area contributed by atoms with E-state index in [4.69, 9.17) is 9.16 Å². The van der Waals surface area contributed by atoms with Gasteiger partial charge >= 0.3 is 6.09 Å². The fourth-order valence-electron chi connectivity index (χ4n) is 3.73.